The normalized spacial score (nSPS) is 11.5. The Morgan fingerprint density at radius 2 is 1.54 bits per heavy atom. The monoisotopic (exact) mass is 376 g/mol. The number of rotatable bonds is 11. The SMILES string of the molecule is CCCCCCCCCc1ccc(S(=O)(=O)O)c(Oc2ccccc2)c1. The molecule has 2 rings (SSSR count). The smallest absolute Gasteiger partial charge is 0.298 e. The van der Waals surface area contributed by atoms with Gasteiger partial charge in [0.05, 0.1) is 0 Å². The Bertz CT molecular complexity index is 770. The van der Waals surface area contributed by atoms with E-state index in [1.807, 2.05) is 18.2 Å². The van der Waals surface area contributed by atoms with Crippen LogP contribution < -0.4 is 4.74 Å². The molecule has 0 amide bonds. The fourth-order valence-electron chi connectivity index (χ4n) is 2.90. The lowest BCUT2D eigenvalue weighted by molar-refractivity contribution is 0.449. The van der Waals surface area contributed by atoms with Gasteiger partial charge in [-0.2, -0.15) is 8.42 Å². The van der Waals surface area contributed by atoms with Gasteiger partial charge in [-0.15, -0.1) is 0 Å². The molecule has 0 unspecified atom stereocenters. The van der Waals surface area contributed by atoms with Crippen LogP contribution in [0.5, 0.6) is 11.5 Å². The molecule has 0 bridgehead atoms. The van der Waals surface area contributed by atoms with Crippen molar-refractivity contribution in [3.05, 3.63) is 54.1 Å². The molecule has 0 saturated carbocycles. The van der Waals surface area contributed by atoms with Crippen molar-refractivity contribution in [2.75, 3.05) is 0 Å². The van der Waals surface area contributed by atoms with Gasteiger partial charge in [0.2, 0.25) is 0 Å². The Labute approximate surface area is 157 Å². The average molecular weight is 377 g/mol. The van der Waals surface area contributed by atoms with E-state index < -0.39 is 10.1 Å². The molecule has 26 heavy (non-hydrogen) atoms. The summed E-state index contributed by atoms with van der Waals surface area (Å²) < 4.78 is 38.4. The predicted molar refractivity (Wildman–Crippen MR) is 104 cm³/mol. The molecule has 5 heteroatoms. The first kappa shape index (κ1) is 20.5. The average Bonchev–Trinajstić information content (AvgIpc) is 2.61. The van der Waals surface area contributed by atoms with Gasteiger partial charge >= 0.3 is 0 Å². The van der Waals surface area contributed by atoms with E-state index in [1.54, 1.807) is 24.3 Å². The minimum Gasteiger partial charge on any atom is -0.456 e. The Morgan fingerprint density at radius 3 is 2.19 bits per heavy atom. The lowest BCUT2D eigenvalue weighted by Crippen LogP contribution is -2.02. The van der Waals surface area contributed by atoms with Gasteiger partial charge in [0.15, 0.2) is 0 Å². The van der Waals surface area contributed by atoms with E-state index in [0.717, 1.165) is 18.4 Å². The number of hydrogen-bond acceptors (Lipinski definition) is 3. The number of hydrogen-bond donors (Lipinski definition) is 1. The topological polar surface area (TPSA) is 63.6 Å². The summed E-state index contributed by atoms with van der Waals surface area (Å²) in [4.78, 5) is -0.204. The first-order chi connectivity index (χ1) is 12.5. The van der Waals surface area contributed by atoms with Crippen LogP contribution in [0.3, 0.4) is 0 Å². The minimum atomic E-state index is -4.33. The maximum atomic E-state index is 11.6. The largest absolute Gasteiger partial charge is 0.456 e. The highest BCUT2D eigenvalue weighted by Gasteiger charge is 2.18. The molecule has 2 aromatic rings. The van der Waals surface area contributed by atoms with Crippen LogP contribution in [-0.2, 0) is 16.5 Å². The van der Waals surface area contributed by atoms with E-state index >= 15 is 0 Å². The van der Waals surface area contributed by atoms with Crippen molar-refractivity contribution >= 4 is 10.1 Å². The molecule has 4 nitrogen and oxygen atoms in total. The van der Waals surface area contributed by atoms with Crippen LogP contribution in [0.1, 0.15) is 57.4 Å². The highest BCUT2D eigenvalue weighted by Crippen LogP contribution is 2.30. The zero-order valence-electron chi connectivity index (χ0n) is 15.4. The quantitative estimate of drug-likeness (QED) is 0.385. The lowest BCUT2D eigenvalue weighted by Gasteiger charge is -2.11. The van der Waals surface area contributed by atoms with Crippen LogP contribution in [0, 0.1) is 0 Å². The molecule has 2 aromatic carbocycles. The Balaban J connectivity index is 2.01. The standard InChI is InChI=1S/C21H28O4S/c1-2-3-4-5-6-7-9-12-18-15-16-21(26(22,23)24)20(17-18)25-19-13-10-8-11-14-19/h8,10-11,13-17H,2-7,9,12H2,1H3,(H,22,23,24). The second-order valence-corrected chi connectivity index (χ2v) is 7.93. The molecule has 0 saturated heterocycles. The minimum absolute atomic E-state index is 0.166. The molecular formula is C21H28O4S. The van der Waals surface area contributed by atoms with E-state index in [2.05, 4.69) is 6.92 Å². The second-order valence-electron chi connectivity index (χ2n) is 6.54. The fourth-order valence-corrected chi connectivity index (χ4v) is 3.50. The third-order valence-corrected chi connectivity index (χ3v) is 5.22. The summed E-state index contributed by atoms with van der Waals surface area (Å²) in [5, 5.41) is 0. The van der Waals surface area contributed by atoms with Crippen LogP contribution in [0.4, 0.5) is 0 Å². The van der Waals surface area contributed by atoms with E-state index in [0.29, 0.717) is 5.75 Å². The first-order valence-corrected chi connectivity index (χ1v) is 10.8. The second kappa shape index (κ2) is 10.3. The van der Waals surface area contributed by atoms with Crippen molar-refractivity contribution in [1.29, 1.82) is 0 Å². The molecule has 0 atom stereocenters. The third kappa shape index (κ3) is 6.81. The number of aryl methyl sites for hydroxylation is 1. The molecule has 142 valence electrons. The summed E-state index contributed by atoms with van der Waals surface area (Å²) in [7, 11) is -4.33. The van der Waals surface area contributed by atoms with Gasteiger partial charge in [-0.25, -0.2) is 0 Å². The van der Waals surface area contributed by atoms with E-state index in [4.69, 9.17) is 4.74 Å². The zero-order chi connectivity index (χ0) is 18.8. The maximum absolute atomic E-state index is 11.6. The Kier molecular flexibility index (Phi) is 8.13. The predicted octanol–water partition coefficient (Wildman–Crippen LogP) is 6.02. The summed E-state index contributed by atoms with van der Waals surface area (Å²) in [6, 6.07) is 13.9. The summed E-state index contributed by atoms with van der Waals surface area (Å²) in [6.45, 7) is 2.21. The summed E-state index contributed by atoms with van der Waals surface area (Å²) >= 11 is 0. The number of ether oxygens (including phenoxy) is 1. The van der Waals surface area contributed by atoms with Gasteiger partial charge in [0.1, 0.15) is 16.4 Å². The zero-order valence-corrected chi connectivity index (χ0v) is 16.2. The number of unbranched alkanes of at least 4 members (excludes halogenated alkanes) is 6. The number of benzene rings is 2. The molecule has 0 aliphatic rings. The van der Waals surface area contributed by atoms with Crippen LogP contribution in [0.2, 0.25) is 0 Å². The molecule has 0 aromatic heterocycles. The van der Waals surface area contributed by atoms with Crippen molar-refractivity contribution in [3.63, 3.8) is 0 Å². The first-order valence-electron chi connectivity index (χ1n) is 9.34. The van der Waals surface area contributed by atoms with Gasteiger partial charge in [0, 0.05) is 0 Å². The Hall–Kier alpha value is -1.85. The Morgan fingerprint density at radius 1 is 0.885 bits per heavy atom. The van der Waals surface area contributed by atoms with Gasteiger partial charge in [-0.05, 0) is 42.7 Å². The van der Waals surface area contributed by atoms with Crippen molar-refractivity contribution in [2.45, 2.75) is 63.2 Å². The molecule has 0 radical (unpaired) electrons. The van der Waals surface area contributed by atoms with Crippen LogP contribution in [-0.4, -0.2) is 13.0 Å². The van der Waals surface area contributed by atoms with Crippen molar-refractivity contribution < 1.29 is 17.7 Å². The highest BCUT2D eigenvalue weighted by molar-refractivity contribution is 7.86. The molecule has 0 heterocycles. The van der Waals surface area contributed by atoms with E-state index in [9.17, 15) is 13.0 Å². The van der Waals surface area contributed by atoms with Crippen molar-refractivity contribution in [1.82, 2.24) is 0 Å². The third-order valence-electron chi connectivity index (χ3n) is 4.33. The van der Waals surface area contributed by atoms with Crippen LogP contribution >= 0.6 is 0 Å². The van der Waals surface area contributed by atoms with E-state index in [1.165, 1.54) is 44.6 Å². The van der Waals surface area contributed by atoms with Crippen LogP contribution in [0.15, 0.2) is 53.4 Å². The lowest BCUT2D eigenvalue weighted by atomic mass is 10.0. The molecule has 1 N–H and O–H groups in total. The molecular weight excluding hydrogens is 348 g/mol. The van der Waals surface area contributed by atoms with Crippen molar-refractivity contribution in [3.8, 4) is 11.5 Å². The summed E-state index contributed by atoms with van der Waals surface area (Å²) in [6.07, 6.45) is 9.45. The molecule has 0 aliphatic heterocycles. The van der Waals surface area contributed by atoms with Gasteiger partial charge in [-0.3, -0.25) is 4.55 Å². The van der Waals surface area contributed by atoms with Gasteiger partial charge in [-0.1, -0.05) is 69.7 Å². The van der Waals surface area contributed by atoms with E-state index in [-0.39, 0.29) is 10.6 Å². The van der Waals surface area contributed by atoms with Crippen LogP contribution in [0.25, 0.3) is 0 Å². The maximum Gasteiger partial charge on any atom is 0.298 e. The fraction of sp³-hybridized carbons (Fsp3) is 0.429. The van der Waals surface area contributed by atoms with Crippen molar-refractivity contribution in [2.24, 2.45) is 0 Å². The molecule has 0 fully saturated rings. The van der Waals surface area contributed by atoms with Gasteiger partial charge < -0.3 is 4.74 Å². The summed E-state index contributed by atoms with van der Waals surface area (Å²) in [5.74, 6) is 0.699. The van der Waals surface area contributed by atoms with Gasteiger partial charge in [0.25, 0.3) is 10.1 Å². The summed E-state index contributed by atoms with van der Waals surface area (Å²) in [5.41, 5.74) is 1.01. The number of para-hydroxylation sites is 1. The highest BCUT2D eigenvalue weighted by atomic mass is 32.2. The molecule has 0 spiro atoms. The molecule has 0 aliphatic carbocycles.